The van der Waals surface area contributed by atoms with Crippen molar-refractivity contribution in [3.8, 4) is 5.75 Å². The summed E-state index contributed by atoms with van der Waals surface area (Å²) < 4.78 is 5.39. The molecule has 0 heterocycles. The molecule has 0 bridgehead atoms. The van der Waals surface area contributed by atoms with E-state index in [1.54, 1.807) is 7.11 Å². The summed E-state index contributed by atoms with van der Waals surface area (Å²) in [5, 5.41) is 0. The minimum atomic E-state index is 0.906. The summed E-state index contributed by atoms with van der Waals surface area (Å²) in [5.74, 6) is 0.906. The number of ether oxygens (including phenoxy) is 1. The summed E-state index contributed by atoms with van der Waals surface area (Å²) in [6.07, 6.45) is 9.31. The monoisotopic (exact) mass is 231 g/mol. The number of allylic oxidation sites excluding steroid dienone is 3. The van der Waals surface area contributed by atoms with Crippen LogP contribution in [0.4, 0.5) is 5.69 Å². The smallest absolute Gasteiger partial charge is 0.142 e. The summed E-state index contributed by atoms with van der Waals surface area (Å²) >= 11 is 0. The van der Waals surface area contributed by atoms with Crippen molar-refractivity contribution in [3.63, 3.8) is 0 Å². The van der Waals surface area contributed by atoms with E-state index in [1.165, 1.54) is 5.56 Å². The van der Waals surface area contributed by atoms with Crippen LogP contribution in [0.1, 0.15) is 18.9 Å². The van der Waals surface area contributed by atoms with Gasteiger partial charge in [-0.05, 0) is 38.0 Å². The van der Waals surface area contributed by atoms with E-state index in [0.717, 1.165) is 17.9 Å². The van der Waals surface area contributed by atoms with E-state index in [4.69, 9.17) is 4.74 Å². The highest BCUT2D eigenvalue weighted by atomic mass is 16.5. The third-order valence-electron chi connectivity index (χ3n) is 2.55. The van der Waals surface area contributed by atoms with Gasteiger partial charge in [-0.25, -0.2) is 0 Å². The molecule has 1 aromatic carbocycles. The number of anilines is 1. The highest BCUT2D eigenvalue weighted by molar-refractivity contribution is 5.60. The van der Waals surface area contributed by atoms with Crippen LogP contribution in [0, 0.1) is 6.92 Å². The zero-order valence-corrected chi connectivity index (χ0v) is 11.1. The third kappa shape index (κ3) is 3.99. The van der Waals surface area contributed by atoms with Gasteiger partial charge in [-0.1, -0.05) is 24.3 Å². The molecule has 0 amide bonds. The fraction of sp³-hybridized carbons (Fsp3) is 0.333. The van der Waals surface area contributed by atoms with E-state index in [0.29, 0.717) is 0 Å². The van der Waals surface area contributed by atoms with Crippen LogP contribution >= 0.6 is 0 Å². The van der Waals surface area contributed by atoms with Crippen LogP contribution in [0.2, 0.25) is 0 Å². The van der Waals surface area contributed by atoms with Crippen LogP contribution in [-0.2, 0) is 0 Å². The van der Waals surface area contributed by atoms with Crippen LogP contribution < -0.4 is 9.64 Å². The number of aryl methyl sites for hydroxylation is 1. The molecule has 2 nitrogen and oxygen atoms in total. The second-order valence-corrected chi connectivity index (χ2v) is 3.98. The van der Waals surface area contributed by atoms with Gasteiger partial charge in [-0.15, -0.1) is 0 Å². The minimum absolute atomic E-state index is 0.906. The molecule has 17 heavy (non-hydrogen) atoms. The molecule has 1 rings (SSSR count). The van der Waals surface area contributed by atoms with Crippen molar-refractivity contribution in [3.05, 3.63) is 48.2 Å². The number of benzene rings is 1. The molecular formula is C15H21NO. The van der Waals surface area contributed by atoms with E-state index >= 15 is 0 Å². The lowest BCUT2D eigenvalue weighted by atomic mass is 10.2. The molecule has 0 saturated carbocycles. The first kappa shape index (κ1) is 13.4. The Morgan fingerprint density at radius 1 is 1.29 bits per heavy atom. The molecule has 0 fully saturated rings. The first-order valence-corrected chi connectivity index (χ1v) is 5.84. The lowest BCUT2D eigenvalue weighted by Gasteiger charge is -2.18. The summed E-state index contributed by atoms with van der Waals surface area (Å²) in [5.41, 5.74) is 2.28. The van der Waals surface area contributed by atoms with Gasteiger partial charge in [-0.3, -0.25) is 0 Å². The average Bonchev–Trinajstić information content (AvgIpc) is 2.34. The van der Waals surface area contributed by atoms with Crippen molar-refractivity contribution in [2.24, 2.45) is 0 Å². The van der Waals surface area contributed by atoms with Crippen molar-refractivity contribution in [2.75, 3.05) is 19.1 Å². The van der Waals surface area contributed by atoms with Gasteiger partial charge in [0.1, 0.15) is 5.75 Å². The van der Waals surface area contributed by atoms with E-state index < -0.39 is 0 Å². The Morgan fingerprint density at radius 3 is 2.71 bits per heavy atom. The molecule has 0 unspecified atom stereocenters. The molecule has 0 aliphatic heterocycles. The molecule has 0 aliphatic rings. The molecule has 0 aromatic heterocycles. The molecule has 0 radical (unpaired) electrons. The zero-order valence-electron chi connectivity index (χ0n) is 11.1. The normalized spacial score (nSPS) is 11.3. The molecule has 1 aromatic rings. The molecule has 0 atom stereocenters. The molecule has 0 saturated heterocycles. The highest BCUT2D eigenvalue weighted by Gasteiger charge is 2.05. The van der Waals surface area contributed by atoms with E-state index in [2.05, 4.69) is 48.4 Å². The zero-order chi connectivity index (χ0) is 12.7. The number of hydrogen-bond donors (Lipinski definition) is 0. The number of methoxy groups -OCH3 is 1. The van der Waals surface area contributed by atoms with Gasteiger partial charge in [0.25, 0.3) is 0 Å². The van der Waals surface area contributed by atoms with Crippen molar-refractivity contribution >= 4 is 5.69 Å². The number of hydrogen-bond acceptors (Lipinski definition) is 2. The molecule has 0 N–H and O–H groups in total. The van der Waals surface area contributed by atoms with Crippen molar-refractivity contribution in [1.29, 1.82) is 0 Å². The number of rotatable bonds is 5. The topological polar surface area (TPSA) is 12.5 Å². The predicted molar refractivity (Wildman–Crippen MR) is 74.7 cm³/mol. The maximum atomic E-state index is 5.39. The Morgan fingerprint density at radius 2 is 2.06 bits per heavy atom. The van der Waals surface area contributed by atoms with E-state index in [-0.39, 0.29) is 0 Å². The SMILES string of the molecule is C/C=C\C/C=C\N(C)c1ccc(C)cc1OC. The van der Waals surface area contributed by atoms with Crippen LogP contribution in [0.3, 0.4) is 0 Å². The van der Waals surface area contributed by atoms with Crippen molar-refractivity contribution in [1.82, 2.24) is 0 Å². The van der Waals surface area contributed by atoms with Gasteiger partial charge in [0.15, 0.2) is 0 Å². The lowest BCUT2D eigenvalue weighted by molar-refractivity contribution is 0.415. The molecule has 92 valence electrons. The highest BCUT2D eigenvalue weighted by Crippen LogP contribution is 2.28. The Balaban J connectivity index is 2.80. The first-order chi connectivity index (χ1) is 8.19. The summed E-state index contributed by atoms with van der Waals surface area (Å²) in [6, 6.07) is 6.22. The van der Waals surface area contributed by atoms with Crippen LogP contribution in [0.15, 0.2) is 42.6 Å². The van der Waals surface area contributed by atoms with Crippen molar-refractivity contribution < 1.29 is 4.74 Å². The lowest BCUT2D eigenvalue weighted by Crippen LogP contribution is -2.09. The number of nitrogens with zero attached hydrogens (tertiary/aromatic N) is 1. The Hall–Kier alpha value is -1.70. The Bertz CT molecular complexity index is 407. The largest absolute Gasteiger partial charge is 0.495 e. The molecule has 0 spiro atoms. The van der Waals surface area contributed by atoms with Gasteiger partial charge in [0.05, 0.1) is 12.8 Å². The minimum Gasteiger partial charge on any atom is -0.495 e. The molecular weight excluding hydrogens is 210 g/mol. The maximum Gasteiger partial charge on any atom is 0.142 e. The predicted octanol–water partition coefficient (Wildman–Crippen LogP) is 3.92. The van der Waals surface area contributed by atoms with Gasteiger partial charge < -0.3 is 9.64 Å². The fourth-order valence-electron chi connectivity index (χ4n) is 1.59. The standard InChI is InChI=1S/C15H21NO/c1-5-6-7-8-11-16(3)14-10-9-13(2)12-15(14)17-4/h5-6,8-12H,7H2,1-4H3/b6-5-,11-8-. The van der Waals surface area contributed by atoms with E-state index in [1.807, 2.05) is 20.0 Å². The van der Waals surface area contributed by atoms with Crippen LogP contribution in [0.5, 0.6) is 5.75 Å². The summed E-state index contributed by atoms with van der Waals surface area (Å²) in [4.78, 5) is 2.07. The second kappa shape index (κ2) is 6.79. The van der Waals surface area contributed by atoms with Gasteiger partial charge in [-0.2, -0.15) is 0 Å². The Labute approximate surface area is 104 Å². The third-order valence-corrected chi connectivity index (χ3v) is 2.55. The first-order valence-electron chi connectivity index (χ1n) is 5.84. The second-order valence-electron chi connectivity index (χ2n) is 3.98. The van der Waals surface area contributed by atoms with E-state index in [9.17, 15) is 0 Å². The molecule has 2 heteroatoms. The fourth-order valence-corrected chi connectivity index (χ4v) is 1.59. The van der Waals surface area contributed by atoms with Gasteiger partial charge in [0.2, 0.25) is 0 Å². The maximum absolute atomic E-state index is 5.39. The average molecular weight is 231 g/mol. The summed E-state index contributed by atoms with van der Waals surface area (Å²) in [7, 11) is 3.73. The van der Waals surface area contributed by atoms with Crippen molar-refractivity contribution in [2.45, 2.75) is 20.3 Å². The Kier molecular flexibility index (Phi) is 5.34. The van der Waals surface area contributed by atoms with Gasteiger partial charge >= 0.3 is 0 Å². The summed E-state index contributed by atoms with van der Waals surface area (Å²) in [6.45, 7) is 4.09. The van der Waals surface area contributed by atoms with Crippen LogP contribution in [-0.4, -0.2) is 14.2 Å². The van der Waals surface area contributed by atoms with Crippen LogP contribution in [0.25, 0.3) is 0 Å². The van der Waals surface area contributed by atoms with Gasteiger partial charge in [0, 0.05) is 13.2 Å². The molecule has 0 aliphatic carbocycles. The quantitative estimate of drug-likeness (QED) is 0.712.